The molecule has 0 bridgehead atoms. The van der Waals surface area contributed by atoms with Crippen molar-refractivity contribution in [3.05, 3.63) is 34.9 Å². The number of hydrogen-bond donors (Lipinski definition) is 1. The van der Waals surface area contributed by atoms with E-state index in [2.05, 4.69) is 4.99 Å². The van der Waals surface area contributed by atoms with E-state index in [-0.39, 0.29) is 24.2 Å². The highest BCUT2D eigenvalue weighted by atomic mass is 35.5. The van der Waals surface area contributed by atoms with Crippen LogP contribution in [0.1, 0.15) is 31.9 Å². The Morgan fingerprint density at radius 2 is 1.95 bits per heavy atom. The highest BCUT2D eigenvalue weighted by Crippen LogP contribution is 2.31. The van der Waals surface area contributed by atoms with Crippen molar-refractivity contribution in [1.82, 2.24) is 0 Å². The molecule has 106 valence electrons. The Morgan fingerprint density at radius 1 is 1.35 bits per heavy atom. The predicted molar refractivity (Wildman–Crippen MR) is 77.2 cm³/mol. The molecule has 0 aliphatic carbocycles. The van der Waals surface area contributed by atoms with Crippen LogP contribution < -0.4 is 0 Å². The molecule has 2 unspecified atom stereocenters. The molecule has 0 amide bonds. The number of benzene rings is 1. The lowest BCUT2D eigenvalue weighted by Crippen LogP contribution is -2.38. The van der Waals surface area contributed by atoms with Gasteiger partial charge >= 0.3 is 5.97 Å². The van der Waals surface area contributed by atoms with Gasteiger partial charge in [-0.15, -0.1) is 0 Å². The number of rotatable bonds is 3. The summed E-state index contributed by atoms with van der Waals surface area (Å²) >= 11 is 5.84. The molecule has 0 radical (unpaired) electrons. The van der Waals surface area contributed by atoms with E-state index in [9.17, 15) is 14.7 Å². The maximum atomic E-state index is 12.1. The van der Waals surface area contributed by atoms with Gasteiger partial charge in [-0.25, -0.2) is 0 Å². The number of carboxylic acids is 1. The molecule has 1 aromatic rings. The molecule has 0 fully saturated rings. The molecular weight excluding hydrogens is 278 g/mol. The first-order chi connectivity index (χ1) is 9.40. The molecule has 4 nitrogen and oxygen atoms in total. The Labute approximate surface area is 122 Å². The quantitative estimate of drug-likeness (QED) is 0.871. The van der Waals surface area contributed by atoms with Gasteiger partial charge in [-0.05, 0) is 23.6 Å². The zero-order valence-corrected chi connectivity index (χ0v) is 12.1. The summed E-state index contributed by atoms with van der Waals surface area (Å²) in [5.41, 5.74) is 1.33. The number of hydrogen-bond acceptors (Lipinski definition) is 3. The summed E-state index contributed by atoms with van der Waals surface area (Å²) in [4.78, 5) is 27.9. The Kier molecular flexibility index (Phi) is 4.23. The first-order valence-electron chi connectivity index (χ1n) is 6.48. The van der Waals surface area contributed by atoms with Crippen molar-refractivity contribution < 1.29 is 14.7 Å². The topological polar surface area (TPSA) is 66.7 Å². The lowest BCUT2D eigenvalue weighted by atomic mass is 9.83. The highest BCUT2D eigenvalue weighted by molar-refractivity contribution is 6.30. The zero-order valence-electron chi connectivity index (χ0n) is 11.3. The molecule has 0 aromatic heterocycles. The lowest BCUT2D eigenvalue weighted by molar-refractivity contribution is -0.143. The molecular formula is C15H16ClNO3. The summed E-state index contributed by atoms with van der Waals surface area (Å²) in [6, 6.07) is 6.82. The normalized spacial score (nSPS) is 22.8. The average molecular weight is 294 g/mol. The van der Waals surface area contributed by atoms with Crippen molar-refractivity contribution >= 4 is 29.1 Å². The number of aliphatic carboxylic acids is 1. The molecule has 1 aliphatic rings. The summed E-state index contributed by atoms with van der Waals surface area (Å²) in [5, 5.41) is 9.82. The number of carboxylic acid groups (broad SMARTS) is 1. The summed E-state index contributed by atoms with van der Waals surface area (Å²) in [5.74, 6) is -2.57. The minimum Gasteiger partial charge on any atom is -0.480 e. The maximum Gasteiger partial charge on any atom is 0.319 e. The Balaban J connectivity index is 2.40. The van der Waals surface area contributed by atoms with Crippen molar-refractivity contribution in [3.63, 3.8) is 0 Å². The summed E-state index contributed by atoms with van der Waals surface area (Å²) in [6.07, 6.45) is 0.120. The van der Waals surface area contributed by atoms with Gasteiger partial charge in [-0.3, -0.25) is 14.6 Å². The van der Waals surface area contributed by atoms with Gasteiger partial charge in [0.25, 0.3) is 0 Å². The van der Waals surface area contributed by atoms with Gasteiger partial charge in [-0.1, -0.05) is 37.6 Å². The molecule has 1 heterocycles. The largest absolute Gasteiger partial charge is 0.480 e. The fourth-order valence-corrected chi connectivity index (χ4v) is 2.52. The first-order valence-corrected chi connectivity index (χ1v) is 6.86. The van der Waals surface area contributed by atoms with E-state index in [1.807, 2.05) is 26.0 Å². The second-order valence-corrected chi connectivity index (χ2v) is 5.65. The number of halogens is 1. The first kappa shape index (κ1) is 14.7. The number of ketones is 1. The number of carbonyl (C=O) groups is 2. The standard InChI is InChI=1S/C15H16ClNO3/c1-8(2)14-13(15(19)20)12(18)7-11(17-14)9-3-5-10(16)6-4-9/h3-6,8,11,13H,7H2,1-2H3,(H,19,20). The van der Waals surface area contributed by atoms with Gasteiger partial charge in [0.05, 0.1) is 6.04 Å². The van der Waals surface area contributed by atoms with Crippen LogP contribution in [-0.4, -0.2) is 22.6 Å². The van der Waals surface area contributed by atoms with E-state index in [0.717, 1.165) is 5.56 Å². The number of nitrogens with zero attached hydrogens (tertiary/aromatic N) is 1. The third-order valence-corrected chi connectivity index (χ3v) is 3.66. The van der Waals surface area contributed by atoms with Crippen LogP contribution >= 0.6 is 11.6 Å². The van der Waals surface area contributed by atoms with E-state index in [4.69, 9.17) is 11.6 Å². The molecule has 20 heavy (non-hydrogen) atoms. The number of carbonyl (C=O) groups excluding carboxylic acids is 1. The zero-order chi connectivity index (χ0) is 14.9. The second-order valence-electron chi connectivity index (χ2n) is 5.22. The third-order valence-electron chi connectivity index (χ3n) is 3.41. The fourth-order valence-electron chi connectivity index (χ4n) is 2.40. The minimum atomic E-state index is -1.11. The van der Waals surface area contributed by atoms with Crippen LogP contribution in [0, 0.1) is 11.8 Å². The van der Waals surface area contributed by atoms with Gasteiger partial charge in [0.1, 0.15) is 0 Å². The smallest absolute Gasteiger partial charge is 0.319 e. The van der Waals surface area contributed by atoms with Gasteiger partial charge in [0, 0.05) is 17.2 Å². The van der Waals surface area contributed by atoms with Crippen molar-refractivity contribution in [3.8, 4) is 0 Å². The number of Topliss-reactive ketones (excluding diaryl/α,β-unsaturated/α-hetero) is 1. The molecule has 0 spiro atoms. The Morgan fingerprint density at radius 3 is 2.45 bits per heavy atom. The van der Waals surface area contributed by atoms with Gasteiger partial charge < -0.3 is 5.11 Å². The molecule has 2 rings (SSSR count). The van der Waals surface area contributed by atoms with E-state index >= 15 is 0 Å². The van der Waals surface area contributed by atoms with Crippen LogP contribution in [-0.2, 0) is 9.59 Å². The predicted octanol–water partition coefficient (Wildman–Crippen LogP) is 3.15. The molecule has 1 aliphatic heterocycles. The van der Waals surface area contributed by atoms with Crippen molar-refractivity contribution in [2.45, 2.75) is 26.3 Å². The summed E-state index contributed by atoms with van der Waals surface area (Å²) in [6.45, 7) is 3.71. The van der Waals surface area contributed by atoms with Gasteiger partial charge in [0.2, 0.25) is 0 Å². The minimum absolute atomic E-state index is 0.0739. The van der Waals surface area contributed by atoms with Crippen molar-refractivity contribution in [1.29, 1.82) is 0 Å². The second kappa shape index (κ2) is 5.75. The molecule has 0 saturated heterocycles. The SMILES string of the molecule is CC(C)C1=NC(c2ccc(Cl)cc2)CC(=O)C1C(=O)O. The van der Waals surface area contributed by atoms with E-state index in [0.29, 0.717) is 10.7 Å². The van der Waals surface area contributed by atoms with Crippen LogP contribution in [0.3, 0.4) is 0 Å². The highest BCUT2D eigenvalue weighted by Gasteiger charge is 2.38. The van der Waals surface area contributed by atoms with Crippen LogP contribution in [0.25, 0.3) is 0 Å². The van der Waals surface area contributed by atoms with Crippen molar-refractivity contribution in [2.24, 2.45) is 16.8 Å². The van der Waals surface area contributed by atoms with Crippen LogP contribution in [0.4, 0.5) is 0 Å². The Hall–Kier alpha value is -1.68. The van der Waals surface area contributed by atoms with Crippen molar-refractivity contribution in [2.75, 3.05) is 0 Å². The van der Waals surface area contributed by atoms with E-state index < -0.39 is 11.9 Å². The Bertz CT molecular complexity index is 563. The van der Waals surface area contributed by atoms with Crippen LogP contribution in [0.2, 0.25) is 5.02 Å². The molecule has 0 saturated carbocycles. The molecule has 1 aromatic carbocycles. The molecule has 1 N–H and O–H groups in total. The van der Waals surface area contributed by atoms with Gasteiger partial charge in [-0.2, -0.15) is 0 Å². The fraction of sp³-hybridized carbons (Fsp3) is 0.400. The molecule has 2 atom stereocenters. The van der Waals surface area contributed by atoms with Gasteiger partial charge in [0.15, 0.2) is 11.7 Å². The van der Waals surface area contributed by atoms with E-state index in [1.54, 1.807) is 12.1 Å². The monoisotopic (exact) mass is 293 g/mol. The van der Waals surface area contributed by atoms with E-state index in [1.165, 1.54) is 0 Å². The maximum absolute atomic E-state index is 12.1. The third kappa shape index (κ3) is 2.90. The van der Waals surface area contributed by atoms with Crippen LogP contribution in [0.15, 0.2) is 29.3 Å². The summed E-state index contributed by atoms with van der Waals surface area (Å²) in [7, 11) is 0. The van der Waals surface area contributed by atoms with Crippen LogP contribution in [0.5, 0.6) is 0 Å². The number of aliphatic imine (C=N–C) groups is 1. The summed E-state index contributed by atoms with van der Waals surface area (Å²) < 4.78 is 0. The molecule has 5 heteroatoms. The lowest BCUT2D eigenvalue weighted by Gasteiger charge is -2.26. The average Bonchev–Trinajstić information content (AvgIpc) is 2.37.